The molecule has 0 bridgehead atoms. The summed E-state index contributed by atoms with van der Waals surface area (Å²) in [5, 5.41) is 5.43. The molecular formula is C18H18BrFN2O3. The highest BCUT2D eigenvalue weighted by Crippen LogP contribution is 2.27. The number of aryl methyl sites for hydroxylation is 1. The van der Waals surface area contributed by atoms with Crippen LogP contribution in [0.1, 0.15) is 19.4 Å². The standard InChI is InChI=1S/C18H18BrFN2O3/c1-10-4-6-14(21-12(3)23)9-16(10)22-18(24)11(2)25-17-7-5-13(20)8-15(17)19/h4-9,11H,1-3H3,(H,21,23)(H,22,24). The molecule has 132 valence electrons. The molecule has 0 spiro atoms. The topological polar surface area (TPSA) is 67.4 Å². The van der Waals surface area contributed by atoms with E-state index in [2.05, 4.69) is 26.6 Å². The second-order valence-electron chi connectivity index (χ2n) is 5.53. The predicted molar refractivity (Wildman–Crippen MR) is 98.3 cm³/mol. The predicted octanol–water partition coefficient (Wildman–Crippen LogP) is 4.26. The molecule has 0 heterocycles. The fraction of sp³-hybridized carbons (Fsp3) is 0.222. The number of benzene rings is 2. The Hall–Kier alpha value is -2.41. The minimum Gasteiger partial charge on any atom is -0.480 e. The van der Waals surface area contributed by atoms with Crippen LogP contribution in [0.4, 0.5) is 15.8 Å². The monoisotopic (exact) mass is 408 g/mol. The average molecular weight is 409 g/mol. The Balaban J connectivity index is 2.09. The molecular weight excluding hydrogens is 391 g/mol. The van der Waals surface area contributed by atoms with Gasteiger partial charge in [0.2, 0.25) is 5.91 Å². The van der Waals surface area contributed by atoms with Gasteiger partial charge in [-0.15, -0.1) is 0 Å². The maximum atomic E-state index is 13.1. The van der Waals surface area contributed by atoms with Crippen LogP contribution in [-0.4, -0.2) is 17.9 Å². The number of nitrogens with one attached hydrogen (secondary N) is 2. The van der Waals surface area contributed by atoms with E-state index >= 15 is 0 Å². The first-order valence-corrected chi connectivity index (χ1v) is 8.36. The van der Waals surface area contributed by atoms with Crippen molar-refractivity contribution >= 4 is 39.1 Å². The van der Waals surface area contributed by atoms with Crippen molar-refractivity contribution in [3.63, 3.8) is 0 Å². The lowest BCUT2D eigenvalue weighted by atomic mass is 10.1. The van der Waals surface area contributed by atoms with E-state index in [1.54, 1.807) is 25.1 Å². The summed E-state index contributed by atoms with van der Waals surface area (Å²) >= 11 is 3.20. The Morgan fingerprint density at radius 1 is 1.16 bits per heavy atom. The molecule has 0 aliphatic carbocycles. The largest absolute Gasteiger partial charge is 0.480 e. The van der Waals surface area contributed by atoms with E-state index in [9.17, 15) is 14.0 Å². The molecule has 2 aromatic carbocycles. The maximum absolute atomic E-state index is 13.1. The Morgan fingerprint density at radius 2 is 1.88 bits per heavy atom. The average Bonchev–Trinajstić information content (AvgIpc) is 2.52. The molecule has 0 aromatic heterocycles. The molecule has 2 rings (SSSR count). The lowest BCUT2D eigenvalue weighted by molar-refractivity contribution is -0.122. The van der Waals surface area contributed by atoms with Gasteiger partial charge in [-0.1, -0.05) is 6.07 Å². The van der Waals surface area contributed by atoms with E-state index in [1.165, 1.54) is 25.1 Å². The number of ether oxygens (including phenoxy) is 1. The van der Waals surface area contributed by atoms with Crippen molar-refractivity contribution in [3.05, 3.63) is 52.3 Å². The second-order valence-corrected chi connectivity index (χ2v) is 6.39. The summed E-state index contributed by atoms with van der Waals surface area (Å²) in [5.41, 5.74) is 2.01. The van der Waals surface area contributed by atoms with Gasteiger partial charge in [-0.2, -0.15) is 0 Å². The van der Waals surface area contributed by atoms with Crippen molar-refractivity contribution in [2.75, 3.05) is 10.6 Å². The molecule has 2 amide bonds. The number of hydrogen-bond donors (Lipinski definition) is 2. The number of halogens is 2. The molecule has 1 unspecified atom stereocenters. The summed E-state index contributed by atoms with van der Waals surface area (Å²) in [4.78, 5) is 23.5. The Kier molecular flexibility index (Phi) is 6.14. The minimum atomic E-state index is -0.800. The number of rotatable bonds is 5. The number of amides is 2. The van der Waals surface area contributed by atoms with Crippen LogP contribution in [0.25, 0.3) is 0 Å². The Bertz CT molecular complexity index is 811. The number of anilines is 2. The van der Waals surface area contributed by atoms with E-state index in [0.29, 0.717) is 21.6 Å². The molecule has 1 atom stereocenters. The zero-order chi connectivity index (χ0) is 18.6. The molecule has 0 aliphatic heterocycles. The summed E-state index contributed by atoms with van der Waals surface area (Å²) in [6.45, 7) is 4.85. The van der Waals surface area contributed by atoms with Gasteiger partial charge in [0.25, 0.3) is 5.91 Å². The molecule has 2 N–H and O–H groups in total. The van der Waals surface area contributed by atoms with Crippen molar-refractivity contribution in [2.24, 2.45) is 0 Å². The van der Waals surface area contributed by atoms with Crippen LogP contribution in [0.2, 0.25) is 0 Å². The van der Waals surface area contributed by atoms with E-state index in [0.717, 1.165) is 5.56 Å². The first-order chi connectivity index (χ1) is 11.8. The van der Waals surface area contributed by atoms with Gasteiger partial charge in [0, 0.05) is 18.3 Å². The SMILES string of the molecule is CC(=O)Nc1ccc(C)c(NC(=O)C(C)Oc2ccc(F)cc2Br)c1. The highest BCUT2D eigenvalue weighted by molar-refractivity contribution is 9.10. The zero-order valence-corrected chi connectivity index (χ0v) is 15.6. The third kappa shape index (κ3) is 5.29. The van der Waals surface area contributed by atoms with Crippen LogP contribution in [-0.2, 0) is 9.59 Å². The van der Waals surface area contributed by atoms with E-state index in [-0.39, 0.29) is 11.8 Å². The van der Waals surface area contributed by atoms with Gasteiger partial charge >= 0.3 is 0 Å². The third-order valence-corrected chi connectivity index (χ3v) is 4.00. The van der Waals surface area contributed by atoms with Crippen molar-refractivity contribution in [1.82, 2.24) is 0 Å². The fourth-order valence-corrected chi connectivity index (χ4v) is 2.53. The third-order valence-electron chi connectivity index (χ3n) is 3.38. The highest BCUT2D eigenvalue weighted by atomic mass is 79.9. The lowest BCUT2D eigenvalue weighted by Crippen LogP contribution is -2.30. The zero-order valence-electron chi connectivity index (χ0n) is 14.0. The minimum absolute atomic E-state index is 0.195. The van der Waals surface area contributed by atoms with Gasteiger partial charge in [-0.25, -0.2) is 4.39 Å². The lowest BCUT2D eigenvalue weighted by Gasteiger charge is -2.17. The number of carbonyl (C=O) groups excluding carboxylic acids is 2. The van der Waals surface area contributed by atoms with Gasteiger partial charge in [0.05, 0.1) is 4.47 Å². The van der Waals surface area contributed by atoms with Gasteiger partial charge in [-0.3, -0.25) is 9.59 Å². The normalized spacial score (nSPS) is 11.6. The van der Waals surface area contributed by atoms with Crippen molar-refractivity contribution < 1.29 is 18.7 Å². The summed E-state index contributed by atoms with van der Waals surface area (Å²) in [7, 11) is 0. The molecule has 5 nitrogen and oxygen atoms in total. The molecule has 0 saturated carbocycles. The molecule has 0 fully saturated rings. The second kappa shape index (κ2) is 8.11. The smallest absolute Gasteiger partial charge is 0.265 e. The highest BCUT2D eigenvalue weighted by Gasteiger charge is 2.17. The first kappa shape index (κ1) is 18.9. The maximum Gasteiger partial charge on any atom is 0.265 e. The molecule has 0 saturated heterocycles. The van der Waals surface area contributed by atoms with Crippen LogP contribution in [0, 0.1) is 12.7 Å². The summed E-state index contributed by atoms with van der Waals surface area (Å²) < 4.78 is 19.1. The van der Waals surface area contributed by atoms with E-state index in [4.69, 9.17) is 4.74 Å². The van der Waals surface area contributed by atoms with Crippen molar-refractivity contribution in [1.29, 1.82) is 0 Å². The molecule has 25 heavy (non-hydrogen) atoms. The van der Waals surface area contributed by atoms with Crippen LogP contribution < -0.4 is 15.4 Å². The number of hydrogen-bond acceptors (Lipinski definition) is 3. The van der Waals surface area contributed by atoms with Gasteiger partial charge in [0.1, 0.15) is 11.6 Å². The quantitative estimate of drug-likeness (QED) is 0.776. The molecule has 0 aliphatic rings. The van der Waals surface area contributed by atoms with Gasteiger partial charge < -0.3 is 15.4 Å². The molecule has 2 aromatic rings. The van der Waals surface area contributed by atoms with Crippen LogP contribution in [0.3, 0.4) is 0 Å². The first-order valence-electron chi connectivity index (χ1n) is 7.57. The van der Waals surface area contributed by atoms with Crippen molar-refractivity contribution in [2.45, 2.75) is 26.9 Å². The van der Waals surface area contributed by atoms with Crippen LogP contribution >= 0.6 is 15.9 Å². The van der Waals surface area contributed by atoms with Crippen LogP contribution in [0.5, 0.6) is 5.75 Å². The van der Waals surface area contributed by atoms with Gasteiger partial charge in [0.15, 0.2) is 6.10 Å². The van der Waals surface area contributed by atoms with Crippen LogP contribution in [0.15, 0.2) is 40.9 Å². The fourth-order valence-electron chi connectivity index (χ4n) is 2.09. The van der Waals surface area contributed by atoms with E-state index < -0.39 is 11.9 Å². The Labute approximate surface area is 153 Å². The van der Waals surface area contributed by atoms with E-state index in [1.807, 2.05) is 6.92 Å². The summed E-state index contributed by atoms with van der Waals surface area (Å²) in [6.07, 6.45) is -0.800. The van der Waals surface area contributed by atoms with Gasteiger partial charge in [-0.05, 0) is 65.7 Å². The molecule has 7 heteroatoms. The molecule has 0 radical (unpaired) electrons. The van der Waals surface area contributed by atoms with Crippen molar-refractivity contribution in [3.8, 4) is 5.75 Å². The summed E-state index contributed by atoms with van der Waals surface area (Å²) in [6, 6.07) is 9.19. The number of carbonyl (C=O) groups is 2. The Morgan fingerprint density at radius 3 is 2.52 bits per heavy atom. The summed E-state index contributed by atoms with van der Waals surface area (Å²) in [5.74, 6) is -0.590.